The van der Waals surface area contributed by atoms with Gasteiger partial charge in [-0.2, -0.15) is 0 Å². The van der Waals surface area contributed by atoms with Crippen LogP contribution in [0.2, 0.25) is 0 Å². The van der Waals surface area contributed by atoms with Crippen molar-refractivity contribution in [3.63, 3.8) is 0 Å². The maximum atomic E-state index is 12.8. The van der Waals surface area contributed by atoms with E-state index in [1.165, 1.54) is 0 Å². The van der Waals surface area contributed by atoms with Gasteiger partial charge in [-0.05, 0) is 30.5 Å². The quantitative estimate of drug-likeness (QED) is 0.812. The fraction of sp³-hybridized carbons (Fsp3) is 0.350. The second-order valence-corrected chi connectivity index (χ2v) is 5.76. The molecule has 24 heavy (non-hydrogen) atoms. The molecule has 0 aromatic heterocycles. The first kappa shape index (κ1) is 17.9. The number of anilines is 1. The average molecular weight is 327 g/mol. The number of benzene rings is 2. The molecule has 0 saturated carbocycles. The summed E-state index contributed by atoms with van der Waals surface area (Å²) in [5, 5.41) is 3.05. The molecular weight excluding hydrogens is 302 g/mol. The molecule has 128 valence electrons. The number of amides is 1. The highest BCUT2D eigenvalue weighted by atomic mass is 16.5. The monoisotopic (exact) mass is 327 g/mol. The molecule has 0 aliphatic heterocycles. The molecule has 1 N–H and O–H groups in total. The van der Waals surface area contributed by atoms with Crippen LogP contribution in [0.25, 0.3) is 0 Å². The van der Waals surface area contributed by atoms with E-state index >= 15 is 0 Å². The molecule has 0 fully saturated rings. The van der Waals surface area contributed by atoms with E-state index in [-0.39, 0.29) is 11.8 Å². The van der Waals surface area contributed by atoms with E-state index in [0.717, 1.165) is 29.7 Å². The van der Waals surface area contributed by atoms with Crippen LogP contribution in [-0.2, 0) is 4.79 Å². The molecule has 0 bridgehead atoms. The normalized spacial score (nSPS) is 11.7. The van der Waals surface area contributed by atoms with Crippen LogP contribution in [0.1, 0.15) is 36.8 Å². The highest BCUT2D eigenvalue weighted by Crippen LogP contribution is 2.33. The molecule has 0 aliphatic carbocycles. The van der Waals surface area contributed by atoms with Crippen LogP contribution in [0.15, 0.2) is 42.5 Å². The standard InChI is InChI=1S/C20H25NO3/c1-5-9-16(15-10-7-6-8-11-15)20(22)21-17-13-19(24-4)18(23-3)12-14(17)2/h6-8,10-13,16H,5,9H2,1-4H3,(H,21,22)/t16-/m0/s1. The third-order valence-electron chi connectivity index (χ3n) is 4.08. The molecule has 4 nitrogen and oxygen atoms in total. The molecule has 0 heterocycles. The van der Waals surface area contributed by atoms with Gasteiger partial charge in [-0.1, -0.05) is 43.7 Å². The van der Waals surface area contributed by atoms with Gasteiger partial charge in [-0.3, -0.25) is 4.79 Å². The van der Waals surface area contributed by atoms with Crippen LogP contribution in [-0.4, -0.2) is 20.1 Å². The first-order chi connectivity index (χ1) is 11.6. The van der Waals surface area contributed by atoms with Crippen molar-refractivity contribution in [3.8, 4) is 11.5 Å². The van der Waals surface area contributed by atoms with Crippen molar-refractivity contribution in [2.24, 2.45) is 0 Å². The van der Waals surface area contributed by atoms with E-state index in [1.54, 1.807) is 20.3 Å². The van der Waals surface area contributed by atoms with Crippen molar-refractivity contribution in [1.82, 2.24) is 0 Å². The molecule has 0 saturated heterocycles. The number of carbonyl (C=O) groups is 1. The highest BCUT2D eigenvalue weighted by Gasteiger charge is 2.21. The molecular formula is C20H25NO3. The SMILES string of the molecule is CCC[C@H](C(=O)Nc1cc(OC)c(OC)cc1C)c1ccccc1. The fourth-order valence-electron chi connectivity index (χ4n) is 2.76. The number of nitrogens with one attached hydrogen (secondary N) is 1. The minimum absolute atomic E-state index is 0.00151. The van der Waals surface area contributed by atoms with Crippen LogP contribution in [0.4, 0.5) is 5.69 Å². The Bertz CT molecular complexity index is 683. The summed E-state index contributed by atoms with van der Waals surface area (Å²) in [7, 11) is 3.19. The summed E-state index contributed by atoms with van der Waals surface area (Å²) in [5.74, 6) is 1.09. The van der Waals surface area contributed by atoms with Gasteiger partial charge in [0.1, 0.15) is 0 Å². The molecule has 1 atom stereocenters. The van der Waals surface area contributed by atoms with E-state index < -0.39 is 0 Å². The number of hydrogen-bond acceptors (Lipinski definition) is 3. The predicted octanol–water partition coefficient (Wildman–Crippen LogP) is 4.53. The van der Waals surface area contributed by atoms with Gasteiger partial charge in [-0.15, -0.1) is 0 Å². The summed E-state index contributed by atoms with van der Waals surface area (Å²) in [6.07, 6.45) is 1.75. The van der Waals surface area contributed by atoms with Crippen LogP contribution in [0, 0.1) is 6.92 Å². The van der Waals surface area contributed by atoms with Crippen LogP contribution < -0.4 is 14.8 Å². The molecule has 0 aliphatic rings. The third-order valence-corrected chi connectivity index (χ3v) is 4.08. The number of ether oxygens (including phenoxy) is 2. The summed E-state index contributed by atoms with van der Waals surface area (Å²) in [6, 6.07) is 13.6. The molecule has 2 rings (SSSR count). The lowest BCUT2D eigenvalue weighted by Gasteiger charge is -2.19. The molecule has 2 aromatic carbocycles. The van der Waals surface area contributed by atoms with Crippen molar-refractivity contribution in [1.29, 1.82) is 0 Å². The third kappa shape index (κ3) is 4.07. The maximum absolute atomic E-state index is 12.8. The summed E-state index contributed by atoms with van der Waals surface area (Å²) in [6.45, 7) is 4.03. The van der Waals surface area contributed by atoms with E-state index in [4.69, 9.17) is 9.47 Å². The number of rotatable bonds is 7. The molecule has 1 amide bonds. The second-order valence-electron chi connectivity index (χ2n) is 5.76. The number of aryl methyl sites for hydroxylation is 1. The van der Waals surface area contributed by atoms with Gasteiger partial charge in [0.05, 0.1) is 20.1 Å². The Kier molecular flexibility index (Phi) is 6.24. The average Bonchev–Trinajstić information content (AvgIpc) is 2.61. The Hall–Kier alpha value is -2.49. The smallest absolute Gasteiger partial charge is 0.231 e. The van der Waals surface area contributed by atoms with E-state index in [9.17, 15) is 4.79 Å². The maximum Gasteiger partial charge on any atom is 0.231 e. The predicted molar refractivity (Wildman–Crippen MR) is 97.0 cm³/mol. The molecule has 2 aromatic rings. The van der Waals surface area contributed by atoms with E-state index in [2.05, 4.69) is 12.2 Å². The number of hydrogen-bond donors (Lipinski definition) is 1. The van der Waals surface area contributed by atoms with Crippen molar-refractivity contribution < 1.29 is 14.3 Å². The van der Waals surface area contributed by atoms with E-state index in [1.807, 2.05) is 43.3 Å². The molecule has 0 unspecified atom stereocenters. The zero-order valence-electron chi connectivity index (χ0n) is 14.8. The topological polar surface area (TPSA) is 47.6 Å². The lowest BCUT2D eigenvalue weighted by atomic mass is 9.93. The van der Waals surface area contributed by atoms with Crippen LogP contribution in [0.3, 0.4) is 0 Å². The second kappa shape index (κ2) is 8.39. The Balaban J connectivity index is 2.27. The van der Waals surface area contributed by atoms with Gasteiger partial charge in [0.15, 0.2) is 11.5 Å². The first-order valence-electron chi connectivity index (χ1n) is 8.19. The minimum Gasteiger partial charge on any atom is -0.493 e. The van der Waals surface area contributed by atoms with E-state index in [0.29, 0.717) is 11.5 Å². The Morgan fingerprint density at radius 1 is 1.08 bits per heavy atom. The minimum atomic E-state index is -0.163. The summed E-state index contributed by atoms with van der Waals surface area (Å²) in [5.41, 5.74) is 2.72. The Morgan fingerprint density at radius 2 is 1.71 bits per heavy atom. The summed E-state index contributed by atoms with van der Waals surface area (Å²) < 4.78 is 10.6. The largest absolute Gasteiger partial charge is 0.493 e. The summed E-state index contributed by atoms with van der Waals surface area (Å²) >= 11 is 0. The van der Waals surface area contributed by atoms with Gasteiger partial charge < -0.3 is 14.8 Å². The lowest BCUT2D eigenvalue weighted by molar-refractivity contribution is -0.117. The molecule has 0 radical (unpaired) electrons. The first-order valence-corrected chi connectivity index (χ1v) is 8.19. The number of methoxy groups -OCH3 is 2. The zero-order valence-corrected chi connectivity index (χ0v) is 14.8. The summed E-state index contributed by atoms with van der Waals surface area (Å²) in [4.78, 5) is 12.8. The van der Waals surface area contributed by atoms with Crippen molar-refractivity contribution in [2.75, 3.05) is 19.5 Å². The Morgan fingerprint density at radius 3 is 2.29 bits per heavy atom. The lowest BCUT2D eigenvalue weighted by Crippen LogP contribution is -2.21. The van der Waals surface area contributed by atoms with Gasteiger partial charge in [0, 0.05) is 11.8 Å². The number of carbonyl (C=O) groups excluding carboxylic acids is 1. The van der Waals surface area contributed by atoms with Gasteiger partial charge in [-0.25, -0.2) is 0 Å². The van der Waals surface area contributed by atoms with Crippen molar-refractivity contribution in [3.05, 3.63) is 53.6 Å². The molecule has 0 spiro atoms. The zero-order chi connectivity index (χ0) is 17.5. The van der Waals surface area contributed by atoms with Gasteiger partial charge in [0.2, 0.25) is 5.91 Å². The van der Waals surface area contributed by atoms with Gasteiger partial charge in [0.25, 0.3) is 0 Å². The Labute approximate surface area is 143 Å². The van der Waals surface area contributed by atoms with Crippen molar-refractivity contribution in [2.45, 2.75) is 32.6 Å². The molecule has 4 heteroatoms. The highest BCUT2D eigenvalue weighted by molar-refractivity contribution is 5.96. The fourth-order valence-corrected chi connectivity index (χ4v) is 2.76. The van der Waals surface area contributed by atoms with Gasteiger partial charge >= 0.3 is 0 Å². The van der Waals surface area contributed by atoms with Crippen molar-refractivity contribution >= 4 is 11.6 Å². The van der Waals surface area contributed by atoms with Crippen LogP contribution in [0.5, 0.6) is 11.5 Å². The van der Waals surface area contributed by atoms with Crippen LogP contribution >= 0.6 is 0 Å².